The number of hydrogen-bond acceptors (Lipinski definition) is 5. The minimum Gasteiger partial charge on any atom is -0.497 e. The van der Waals surface area contributed by atoms with Crippen molar-refractivity contribution in [2.45, 2.75) is 32.0 Å². The molecule has 1 amide bonds. The van der Waals surface area contributed by atoms with Crippen LogP contribution in [0.5, 0.6) is 17.2 Å². The number of benzene rings is 4. The summed E-state index contributed by atoms with van der Waals surface area (Å²) in [4.78, 5) is 13.4. The van der Waals surface area contributed by atoms with E-state index in [1.54, 1.807) is 20.5 Å². The Labute approximate surface area is 263 Å². The SMILES string of the molecule is COc1ccc(Cn2cc([C@@H](CC(=O)NCc3ccco3)c3ccc(OCc4ccccc4)c(OC)c3)c3ccccc32)cc1. The molecule has 4 aromatic carbocycles. The molecule has 0 fully saturated rings. The highest BCUT2D eigenvalue weighted by molar-refractivity contribution is 5.87. The first-order chi connectivity index (χ1) is 22.1. The van der Waals surface area contributed by atoms with Crippen molar-refractivity contribution in [1.82, 2.24) is 9.88 Å². The van der Waals surface area contributed by atoms with Crippen molar-refractivity contribution in [3.8, 4) is 17.2 Å². The summed E-state index contributed by atoms with van der Waals surface area (Å²) in [6.07, 6.45) is 4.02. The molecule has 2 heterocycles. The number of ether oxygens (including phenoxy) is 3. The number of amides is 1. The van der Waals surface area contributed by atoms with E-state index in [4.69, 9.17) is 18.6 Å². The second-order valence-electron chi connectivity index (χ2n) is 10.9. The lowest BCUT2D eigenvalue weighted by Gasteiger charge is -2.19. The molecule has 0 unspecified atom stereocenters. The van der Waals surface area contributed by atoms with Crippen LogP contribution in [0.2, 0.25) is 0 Å². The summed E-state index contributed by atoms with van der Waals surface area (Å²) < 4.78 is 25.0. The Bertz CT molecular complexity index is 1840. The summed E-state index contributed by atoms with van der Waals surface area (Å²) >= 11 is 0. The fourth-order valence-corrected chi connectivity index (χ4v) is 5.63. The van der Waals surface area contributed by atoms with Gasteiger partial charge in [0, 0.05) is 36.0 Å². The van der Waals surface area contributed by atoms with E-state index in [1.807, 2.05) is 84.9 Å². The molecule has 0 aliphatic rings. The van der Waals surface area contributed by atoms with Crippen LogP contribution in [0, 0.1) is 0 Å². The molecule has 7 nitrogen and oxygen atoms in total. The standard InChI is InChI=1S/C38H36N2O5/c1-42-30-17-14-27(15-18-30)24-40-25-34(32-12-6-7-13-35(32)40)33(22-38(41)39-23-31-11-8-20-44-31)29-16-19-36(37(21-29)43-2)45-26-28-9-4-3-5-10-28/h3-21,25,33H,22-24,26H2,1-2H3,(H,39,41)/t33-/m0/s1. The third-order valence-electron chi connectivity index (χ3n) is 7.96. The fourth-order valence-electron chi connectivity index (χ4n) is 5.63. The lowest BCUT2D eigenvalue weighted by Crippen LogP contribution is -2.24. The number of nitrogens with zero attached hydrogens (tertiary/aromatic N) is 1. The number of fused-ring (bicyclic) bond motifs is 1. The van der Waals surface area contributed by atoms with Gasteiger partial charge in [0.25, 0.3) is 0 Å². The van der Waals surface area contributed by atoms with Gasteiger partial charge < -0.3 is 28.5 Å². The molecule has 7 heteroatoms. The van der Waals surface area contributed by atoms with Crippen LogP contribution in [0.3, 0.4) is 0 Å². The molecule has 0 aliphatic carbocycles. The summed E-state index contributed by atoms with van der Waals surface area (Å²) in [6.45, 7) is 1.43. The van der Waals surface area contributed by atoms with Gasteiger partial charge in [-0.15, -0.1) is 0 Å². The van der Waals surface area contributed by atoms with E-state index in [0.717, 1.165) is 38.9 Å². The molecule has 0 saturated carbocycles. The highest BCUT2D eigenvalue weighted by atomic mass is 16.5. The number of carbonyl (C=O) groups excluding carboxylic acids is 1. The number of carbonyl (C=O) groups is 1. The van der Waals surface area contributed by atoms with Gasteiger partial charge in [0.2, 0.25) is 5.91 Å². The third-order valence-corrected chi connectivity index (χ3v) is 7.96. The maximum Gasteiger partial charge on any atom is 0.221 e. The number of hydrogen-bond donors (Lipinski definition) is 1. The molecule has 228 valence electrons. The highest BCUT2D eigenvalue weighted by Crippen LogP contribution is 2.39. The molecule has 0 radical (unpaired) electrons. The van der Waals surface area contributed by atoms with E-state index in [-0.39, 0.29) is 18.2 Å². The zero-order valence-corrected chi connectivity index (χ0v) is 25.4. The first-order valence-electron chi connectivity index (χ1n) is 15.0. The van der Waals surface area contributed by atoms with Gasteiger partial charge in [-0.05, 0) is 64.7 Å². The quantitative estimate of drug-likeness (QED) is 0.147. The number of nitrogens with one attached hydrogen (secondary N) is 1. The Morgan fingerprint density at radius 2 is 1.62 bits per heavy atom. The van der Waals surface area contributed by atoms with Crippen molar-refractivity contribution in [2.24, 2.45) is 0 Å². The number of methoxy groups -OCH3 is 2. The molecule has 0 spiro atoms. The number of para-hydroxylation sites is 1. The minimum atomic E-state index is -0.249. The second-order valence-corrected chi connectivity index (χ2v) is 10.9. The molecule has 6 rings (SSSR count). The van der Waals surface area contributed by atoms with Gasteiger partial charge in [-0.1, -0.05) is 66.7 Å². The molecule has 1 atom stereocenters. The fraction of sp³-hybridized carbons (Fsp3) is 0.184. The largest absolute Gasteiger partial charge is 0.497 e. The molecule has 45 heavy (non-hydrogen) atoms. The first-order valence-corrected chi connectivity index (χ1v) is 15.0. The van der Waals surface area contributed by atoms with Crippen LogP contribution < -0.4 is 19.5 Å². The Morgan fingerprint density at radius 3 is 2.38 bits per heavy atom. The van der Waals surface area contributed by atoms with Crippen molar-refractivity contribution < 1.29 is 23.4 Å². The van der Waals surface area contributed by atoms with Gasteiger partial charge in [0.05, 0.1) is 27.0 Å². The second kappa shape index (κ2) is 13.9. The third kappa shape index (κ3) is 7.04. The monoisotopic (exact) mass is 600 g/mol. The maximum absolute atomic E-state index is 13.4. The molecule has 2 aromatic heterocycles. The van der Waals surface area contributed by atoms with E-state index in [0.29, 0.717) is 37.0 Å². The molecule has 0 bridgehead atoms. The molecule has 1 N–H and O–H groups in total. The van der Waals surface area contributed by atoms with Gasteiger partial charge in [-0.2, -0.15) is 0 Å². The van der Waals surface area contributed by atoms with E-state index in [1.165, 1.54) is 0 Å². The lowest BCUT2D eigenvalue weighted by molar-refractivity contribution is -0.121. The zero-order chi connectivity index (χ0) is 31.0. The normalized spacial score (nSPS) is 11.7. The molecule has 0 saturated heterocycles. The summed E-state index contributed by atoms with van der Waals surface area (Å²) in [5, 5.41) is 4.13. The van der Waals surface area contributed by atoms with E-state index in [2.05, 4.69) is 40.3 Å². The number of rotatable bonds is 13. The highest BCUT2D eigenvalue weighted by Gasteiger charge is 2.24. The summed E-state index contributed by atoms with van der Waals surface area (Å²) in [6, 6.07) is 36.1. The van der Waals surface area contributed by atoms with Gasteiger partial charge in [-0.25, -0.2) is 0 Å². The van der Waals surface area contributed by atoms with Gasteiger partial charge in [0.1, 0.15) is 18.1 Å². The predicted octanol–water partition coefficient (Wildman–Crippen LogP) is 7.72. The molecule has 0 aliphatic heterocycles. The van der Waals surface area contributed by atoms with Crippen LogP contribution in [-0.4, -0.2) is 24.7 Å². The first kappa shape index (κ1) is 29.6. The average Bonchev–Trinajstić information content (AvgIpc) is 3.74. The smallest absolute Gasteiger partial charge is 0.221 e. The summed E-state index contributed by atoms with van der Waals surface area (Å²) in [5.74, 6) is 2.46. The molecular weight excluding hydrogens is 564 g/mol. The van der Waals surface area contributed by atoms with Gasteiger partial charge in [0.15, 0.2) is 11.5 Å². The Balaban J connectivity index is 1.34. The van der Waals surface area contributed by atoms with E-state index in [9.17, 15) is 4.79 Å². The minimum absolute atomic E-state index is 0.0771. The topological polar surface area (TPSA) is 74.9 Å². The van der Waals surface area contributed by atoms with Gasteiger partial charge in [-0.3, -0.25) is 4.79 Å². The Kier molecular flexibility index (Phi) is 9.16. The molecular formula is C38H36N2O5. The number of aromatic nitrogens is 1. The van der Waals surface area contributed by atoms with Crippen molar-refractivity contribution in [1.29, 1.82) is 0 Å². The summed E-state index contributed by atoms with van der Waals surface area (Å²) in [7, 11) is 3.31. The van der Waals surface area contributed by atoms with Crippen molar-refractivity contribution in [3.05, 3.63) is 150 Å². The van der Waals surface area contributed by atoms with Crippen LogP contribution in [0.1, 0.15) is 40.4 Å². The maximum atomic E-state index is 13.4. The predicted molar refractivity (Wildman–Crippen MR) is 175 cm³/mol. The number of furan rings is 1. The van der Waals surface area contributed by atoms with E-state index < -0.39 is 0 Å². The van der Waals surface area contributed by atoms with Crippen LogP contribution in [0.4, 0.5) is 0 Å². The Hall–Kier alpha value is -5.43. The van der Waals surface area contributed by atoms with Crippen LogP contribution in [0.15, 0.2) is 126 Å². The van der Waals surface area contributed by atoms with Crippen LogP contribution >= 0.6 is 0 Å². The van der Waals surface area contributed by atoms with Crippen LogP contribution in [0.25, 0.3) is 10.9 Å². The van der Waals surface area contributed by atoms with Crippen molar-refractivity contribution >= 4 is 16.8 Å². The average molecular weight is 601 g/mol. The lowest BCUT2D eigenvalue weighted by atomic mass is 9.87. The van der Waals surface area contributed by atoms with Crippen molar-refractivity contribution in [3.63, 3.8) is 0 Å². The van der Waals surface area contributed by atoms with Crippen molar-refractivity contribution in [2.75, 3.05) is 14.2 Å². The van der Waals surface area contributed by atoms with Gasteiger partial charge >= 0.3 is 0 Å². The molecule has 6 aromatic rings. The van der Waals surface area contributed by atoms with Crippen LogP contribution in [-0.2, 0) is 24.5 Å². The summed E-state index contributed by atoms with van der Waals surface area (Å²) in [5.41, 5.74) is 5.34. The zero-order valence-electron chi connectivity index (χ0n) is 25.4. The van der Waals surface area contributed by atoms with E-state index >= 15 is 0 Å². The Morgan fingerprint density at radius 1 is 0.822 bits per heavy atom.